The Labute approximate surface area is 543 Å². The molecule has 3 aliphatic heterocycles. The molecule has 0 spiro atoms. The molecule has 0 aliphatic carbocycles. The minimum atomic E-state index is -3.08. The topological polar surface area (TPSA) is 373 Å². The molecule has 0 bridgehead atoms. The van der Waals surface area contributed by atoms with Gasteiger partial charge in [-0.05, 0) is 44.9 Å². The van der Waals surface area contributed by atoms with Crippen LogP contribution < -0.4 is 10.6 Å². The van der Waals surface area contributed by atoms with Crippen LogP contribution in [0.25, 0.3) is 0 Å². The quantitative estimate of drug-likeness (QED) is 0.0230. The Morgan fingerprint density at radius 2 is 1.03 bits per heavy atom. The Morgan fingerprint density at radius 1 is 0.571 bits per heavy atom. The lowest BCUT2D eigenvalue weighted by Gasteiger charge is -2.50. The van der Waals surface area contributed by atoms with Gasteiger partial charge in [-0.3, -0.25) is 9.59 Å². The molecular weight excluding hydrogens is 1180 g/mol. The molecule has 91 heavy (non-hydrogen) atoms. The summed E-state index contributed by atoms with van der Waals surface area (Å²) in [4.78, 5) is 38.5. The van der Waals surface area contributed by atoms with E-state index >= 15 is 0 Å². The number of aliphatic hydroxyl groups is 11. The van der Waals surface area contributed by atoms with Crippen LogP contribution in [0.15, 0.2) is 24.3 Å². The number of aliphatic carboxylic acids is 1. The number of carboxylic acid groups (broad SMARTS) is 1. The molecule has 0 aromatic rings. The number of nitrogens with one attached hydrogen (secondary N) is 2. The van der Waals surface area contributed by atoms with E-state index in [1.54, 1.807) is 6.08 Å². The monoisotopic (exact) mass is 1300 g/mol. The SMILES string of the molecule is CCCCCCCCCCC/C=C\CCCCCCCC(=O)NC(COC1OC(CO)C(OC2OC(CO)C(O)C(OC3(C(=O)O)CC(O)C(NC(C)=O)C(C(O)C(O)CO)O3)C2O)C(O)C1O)C(O)/C=C/CCCCCCCCCCCCCCCCCCC. The molecule has 3 aliphatic rings. The second-order valence-electron chi connectivity index (χ2n) is 25.7. The number of aliphatic hydroxyl groups excluding tert-OH is 11. The van der Waals surface area contributed by atoms with Crippen LogP contribution in [0.1, 0.15) is 252 Å². The lowest BCUT2D eigenvalue weighted by atomic mass is 9.88. The number of hydrogen-bond donors (Lipinski definition) is 14. The molecule has 23 heteroatoms. The van der Waals surface area contributed by atoms with Crippen molar-refractivity contribution in [1.82, 2.24) is 10.6 Å². The second-order valence-corrected chi connectivity index (χ2v) is 25.7. The fourth-order valence-electron chi connectivity index (χ4n) is 12.2. The van der Waals surface area contributed by atoms with Crippen LogP contribution in [0.4, 0.5) is 0 Å². The molecule has 3 rings (SSSR count). The predicted octanol–water partition coefficient (Wildman–Crippen LogP) is 6.45. The summed E-state index contributed by atoms with van der Waals surface area (Å²) in [6.07, 6.45) is 19.3. The Bertz CT molecular complexity index is 1940. The fraction of sp³-hybridized carbons (Fsp3) is 0.897. The molecule has 18 unspecified atom stereocenters. The largest absolute Gasteiger partial charge is 0.477 e. The number of hydrogen-bond acceptors (Lipinski definition) is 20. The molecule has 0 saturated carbocycles. The smallest absolute Gasteiger partial charge is 0.364 e. The lowest BCUT2D eigenvalue weighted by Crippen LogP contribution is -2.70. The van der Waals surface area contributed by atoms with E-state index in [1.807, 2.05) is 6.08 Å². The van der Waals surface area contributed by atoms with Crippen molar-refractivity contribution in [3.8, 4) is 0 Å². The molecule has 23 nitrogen and oxygen atoms in total. The van der Waals surface area contributed by atoms with Gasteiger partial charge in [-0.2, -0.15) is 0 Å². The van der Waals surface area contributed by atoms with E-state index < -0.39 is 155 Å². The number of carboxylic acids is 1. The first-order valence-corrected chi connectivity index (χ1v) is 35.2. The minimum absolute atomic E-state index is 0.191. The third kappa shape index (κ3) is 31.3. The molecule has 3 heterocycles. The van der Waals surface area contributed by atoms with E-state index in [2.05, 4.69) is 36.6 Å². The number of carbonyl (C=O) groups is 3. The highest BCUT2D eigenvalue weighted by Crippen LogP contribution is 2.39. The Hall–Kier alpha value is -2.79. The van der Waals surface area contributed by atoms with Crippen molar-refractivity contribution in [2.75, 3.05) is 26.4 Å². The van der Waals surface area contributed by atoms with E-state index in [1.165, 1.54) is 148 Å². The minimum Gasteiger partial charge on any atom is -0.477 e. The van der Waals surface area contributed by atoms with Gasteiger partial charge in [0.15, 0.2) is 12.6 Å². The summed E-state index contributed by atoms with van der Waals surface area (Å²) in [6, 6.07) is -2.62. The summed E-state index contributed by atoms with van der Waals surface area (Å²) in [5.74, 6) is -6.15. The van der Waals surface area contributed by atoms with E-state index in [-0.39, 0.29) is 12.3 Å². The van der Waals surface area contributed by atoms with E-state index in [9.17, 15) is 75.7 Å². The number of amides is 2. The van der Waals surface area contributed by atoms with Crippen molar-refractivity contribution in [3.63, 3.8) is 0 Å². The molecule has 0 aromatic carbocycles. The molecule has 2 amide bonds. The van der Waals surface area contributed by atoms with Gasteiger partial charge in [0.2, 0.25) is 11.8 Å². The maximum atomic E-state index is 13.5. The summed E-state index contributed by atoms with van der Waals surface area (Å²) in [5.41, 5.74) is 0. The molecule has 0 aromatic heterocycles. The number of allylic oxidation sites excluding steroid dienone is 3. The third-order valence-electron chi connectivity index (χ3n) is 17.9. The highest BCUT2D eigenvalue weighted by Gasteiger charge is 2.60. The molecule has 14 N–H and O–H groups in total. The molecule has 0 radical (unpaired) electrons. The zero-order valence-electron chi connectivity index (χ0n) is 55.4. The molecular formula is C68H124N2O21. The van der Waals surface area contributed by atoms with Crippen LogP contribution in [0.2, 0.25) is 0 Å². The molecule has 3 saturated heterocycles. The van der Waals surface area contributed by atoms with Crippen molar-refractivity contribution in [2.45, 2.75) is 362 Å². The second kappa shape index (κ2) is 48.8. The fourth-order valence-corrected chi connectivity index (χ4v) is 12.2. The zero-order chi connectivity index (χ0) is 66.8. The Balaban J connectivity index is 1.61. The summed E-state index contributed by atoms with van der Waals surface area (Å²) in [5, 5.41) is 136. The number of ether oxygens (including phenoxy) is 6. The molecule has 18 atom stereocenters. The van der Waals surface area contributed by atoms with Gasteiger partial charge in [0, 0.05) is 19.8 Å². The lowest BCUT2D eigenvalue weighted by molar-refractivity contribution is -0.386. The van der Waals surface area contributed by atoms with Gasteiger partial charge in [-0.15, -0.1) is 0 Å². The van der Waals surface area contributed by atoms with E-state index in [0.29, 0.717) is 12.8 Å². The molecule has 532 valence electrons. The van der Waals surface area contributed by atoms with Crippen molar-refractivity contribution >= 4 is 17.8 Å². The van der Waals surface area contributed by atoms with Gasteiger partial charge < -0.3 is 100 Å². The van der Waals surface area contributed by atoms with E-state index in [4.69, 9.17) is 28.4 Å². The maximum absolute atomic E-state index is 13.5. The summed E-state index contributed by atoms with van der Waals surface area (Å²) in [7, 11) is 0. The Morgan fingerprint density at radius 3 is 1.49 bits per heavy atom. The van der Waals surface area contributed by atoms with Crippen molar-refractivity contribution in [3.05, 3.63) is 24.3 Å². The van der Waals surface area contributed by atoms with Gasteiger partial charge in [-0.25, -0.2) is 4.79 Å². The van der Waals surface area contributed by atoms with Crippen LogP contribution in [-0.4, -0.2) is 215 Å². The van der Waals surface area contributed by atoms with Crippen molar-refractivity contribution in [2.24, 2.45) is 0 Å². The summed E-state index contributed by atoms with van der Waals surface area (Å²) >= 11 is 0. The normalized spacial score (nSPS) is 28.5. The highest BCUT2D eigenvalue weighted by atomic mass is 16.8. The summed E-state index contributed by atoms with van der Waals surface area (Å²) < 4.78 is 34.8. The van der Waals surface area contributed by atoms with Crippen molar-refractivity contribution in [1.29, 1.82) is 0 Å². The van der Waals surface area contributed by atoms with Gasteiger partial charge >= 0.3 is 5.97 Å². The first-order valence-electron chi connectivity index (χ1n) is 35.2. The Kier molecular flexibility index (Phi) is 44.2. The first kappa shape index (κ1) is 82.4. The number of rotatable bonds is 53. The third-order valence-corrected chi connectivity index (χ3v) is 17.9. The average Bonchev–Trinajstić information content (AvgIpc) is 0.791. The number of carbonyl (C=O) groups excluding carboxylic acids is 2. The summed E-state index contributed by atoms with van der Waals surface area (Å²) in [6.45, 7) is 2.14. The molecule has 3 fully saturated rings. The van der Waals surface area contributed by atoms with Crippen molar-refractivity contribution < 1.29 is 104 Å². The van der Waals surface area contributed by atoms with Crippen LogP contribution in [0.3, 0.4) is 0 Å². The highest BCUT2D eigenvalue weighted by molar-refractivity contribution is 5.77. The van der Waals surface area contributed by atoms with Crippen LogP contribution in [0, 0.1) is 0 Å². The van der Waals surface area contributed by atoms with Crippen LogP contribution >= 0.6 is 0 Å². The van der Waals surface area contributed by atoms with Crippen LogP contribution in [0.5, 0.6) is 0 Å². The zero-order valence-corrected chi connectivity index (χ0v) is 55.4. The average molecular weight is 1310 g/mol. The standard InChI is InChI=1S/C68H124N2O21/c1-4-6-8-10-12-14-16-18-20-22-24-25-27-29-31-33-35-37-39-41-50(75)49(70-55(78)42-40-38-36-34-32-30-28-26-23-21-19-17-15-13-11-9-7-5-2)47-86-65-60(82)59(81)62(54(46-73)88-65)89-66-61(83)64(58(80)53(45-72)87-66)91-68(67(84)85)43-51(76)56(69-48(3)74)63(90-68)57(79)52(77)44-71/h26,28,39,41,49-54,56-66,71-73,75-77,79-83H,4-25,27,29-38,40,42-47H2,1-3H3,(H,69,74)(H,70,78)(H,84,85)/b28-26-,41-39+. The van der Waals surface area contributed by atoms with Gasteiger partial charge in [0.05, 0.1) is 50.7 Å². The first-order chi connectivity index (χ1) is 43.9. The maximum Gasteiger partial charge on any atom is 0.364 e. The van der Waals surface area contributed by atoms with Gasteiger partial charge in [0.25, 0.3) is 5.79 Å². The van der Waals surface area contributed by atoms with Crippen LogP contribution in [-0.2, 0) is 42.8 Å². The number of unbranched alkanes of at least 4 members (excludes halogenated alkanes) is 31. The van der Waals surface area contributed by atoms with Gasteiger partial charge in [-0.1, -0.05) is 212 Å². The van der Waals surface area contributed by atoms with E-state index in [0.717, 1.165) is 64.7 Å². The predicted molar refractivity (Wildman–Crippen MR) is 343 cm³/mol. The van der Waals surface area contributed by atoms with Gasteiger partial charge in [0.1, 0.15) is 67.1 Å².